The number of guanidine groups is 1. The summed E-state index contributed by atoms with van der Waals surface area (Å²) in [6.45, 7) is 7.63. The minimum absolute atomic E-state index is 0.138. The molecule has 1 fully saturated rings. The molecule has 1 heterocycles. The molecular formula is C23H31N3O4S. The van der Waals surface area contributed by atoms with E-state index in [1.54, 1.807) is 21.0 Å². The summed E-state index contributed by atoms with van der Waals surface area (Å²) in [5.41, 5.74) is 1.03. The average Bonchev–Trinajstić information content (AvgIpc) is 2.74. The van der Waals surface area contributed by atoms with Crippen LogP contribution >= 0.6 is 0 Å². The molecule has 7 nitrogen and oxygen atoms in total. The fraction of sp³-hybridized carbons (Fsp3) is 0.435. The molecule has 2 aromatic rings. The average molecular weight is 446 g/mol. The quantitative estimate of drug-likeness (QED) is 0.542. The lowest BCUT2D eigenvalue weighted by molar-refractivity contribution is 0.353. The van der Waals surface area contributed by atoms with Crippen molar-refractivity contribution in [1.82, 2.24) is 10.2 Å². The van der Waals surface area contributed by atoms with Crippen LogP contribution in [0.15, 0.2) is 53.5 Å². The third-order valence-corrected chi connectivity index (χ3v) is 7.84. The van der Waals surface area contributed by atoms with E-state index >= 15 is 0 Å². The van der Waals surface area contributed by atoms with Crippen molar-refractivity contribution >= 4 is 15.8 Å². The standard InChI is InChI=1S/C23H31N3O4S/c1-5-24-22(26-14-15-31(27,28)23(2,3)17-26)25-16-18-10-12-19(13-11-18)30-21-9-7-6-8-20(21)29-4/h6-13H,5,14-17H2,1-4H3,(H,24,25). The highest BCUT2D eigenvalue weighted by Crippen LogP contribution is 2.31. The second-order valence-electron chi connectivity index (χ2n) is 8.07. The second kappa shape index (κ2) is 9.60. The van der Waals surface area contributed by atoms with Crippen LogP contribution in [0.4, 0.5) is 0 Å². The summed E-state index contributed by atoms with van der Waals surface area (Å²) in [6, 6.07) is 15.3. The normalized spacial score (nSPS) is 17.8. The Hall–Kier alpha value is -2.74. The zero-order valence-electron chi connectivity index (χ0n) is 18.6. The van der Waals surface area contributed by atoms with E-state index < -0.39 is 14.6 Å². The van der Waals surface area contributed by atoms with Crippen molar-refractivity contribution in [3.63, 3.8) is 0 Å². The Labute approximate surface area is 185 Å². The number of sulfone groups is 1. The Morgan fingerprint density at radius 3 is 2.42 bits per heavy atom. The Bertz CT molecular complexity index is 1020. The summed E-state index contributed by atoms with van der Waals surface area (Å²) in [6.07, 6.45) is 0. The first-order valence-corrected chi connectivity index (χ1v) is 12.1. The van der Waals surface area contributed by atoms with Crippen LogP contribution in [0.25, 0.3) is 0 Å². The molecule has 0 saturated carbocycles. The summed E-state index contributed by atoms with van der Waals surface area (Å²) < 4.78 is 35.1. The number of hydrogen-bond acceptors (Lipinski definition) is 5. The zero-order chi connectivity index (χ0) is 22.5. The second-order valence-corrected chi connectivity index (χ2v) is 10.8. The summed E-state index contributed by atoms with van der Waals surface area (Å²) in [5.74, 6) is 2.93. The van der Waals surface area contributed by atoms with Crippen molar-refractivity contribution in [2.24, 2.45) is 4.99 Å². The zero-order valence-corrected chi connectivity index (χ0v) is 19.4. The van der Waals surface area contributed by atoms with Crippen molar-refractivity contribution in [2.75, 3.05) is 32.5 Å². The number of aliphatic imine (C=N–C) groups is 1. The fourth-order valence-electron chi connectivity index (χ4n) is 3.41. The summed E-state index contributed by atoms with van der Waals surface area (Å²) in [5, 5.41) is 3.29. The first-order valence-electron chi connectivity index (χ1n) is 10.4. The lowest BCUT2D eigenvalue weighted by Gasteiger charge is -2.39. The van der Waals surface area contributed by atoms with Crippen molar-refractivity contribution in [3.05, 3.63) is 54.1 Å². The molecule has 168 valence electrons. The number of rotatable bonds is 6. The topological polar surface area (TPSA) is 80.2 Å². The van der Waals surface area contributed by atoms with E-state index in [2.05, 4.69) is 5.32 Å². The maximum atomic E-state index is 12.3. The molecule has 8 heteroatoms. The van der Waals surface area contributed by atoms with E-state index in [9.17, 15) is 8.42 Å². The molecule has 0 unspecified atom stereocenters. The first-order chi connectivity index (χ1) is 14.8. The van der Waals surface area contributed by atoms with Crippen molar-refractivity contribution in [3.8, 4) is 17.2 Å². The van der Waals surface area contributed by atoms with E-state index in [0.29, 0.717) is 43.4 Å². The summed E-state index contributed by atoms with van der Waals surface area (Å²) >= 11 is 0. The Morgan fingerprint density at radius 1 is 1.13 bits per heavy atom. The number of ether oxygens (including phenoxy) is 2. The SMILES string of the molecule is CCNC(=NCc1ccc(Oc2ccccc2OC)cc1)N1CCS(=O)(=O)C(C)(C)C1. The predicted molar refractivity (Wildman–Crippen MR) is 124 cm³/mol. The van der Waals surface area contributed by atoms with Crippen molar-refractivity contribution in [1.29, 1.82) is 0 Å². The third kappa shape index (κ3) is 5.50. The molecule has 2 aromatic carbocycles. The van der Waals surface area contributed by atoms with Gasteiger partial charge in [0.15, 0.2) is 27.3 Å². The molecule has 1 aliphatic rings. The van der Waals surface area contributed by atoms with Crippen LogP contribution in [0.3, 0.4) is 0 Å². The fourth-order valence-corrected chi connectivity index (χ4v) is 4.78. The van der Waals surface area contributed by atoms with Gasteiger partial charge in [0.05, 0.1) is 24.2 Å². The van der Waals surface area contributed by atoms with Gasteiger partial charge in [0.2, 0.25) is 0 Å². The highest BCUT2D eigenvalue weighted by atomic mass is 32.2. The summed E-state index contributed by atoms with van der Waals surface area (Å²) in [7, 11) is -1.48. The Kier molecular flexibility index (Phi) is 7.10. The highest BCUT2D eigenvalue weighted by Gasteiger charge is 2.40. The van der Waals surface area contributed by atoms with Gasteiger partial charge in [-0.15, -0.1) is 0 Å². The van der Waals surface area contributed by atoms with Crippen LogP contribution < -0.4 is 14.8 Å². The highest BCUT2D eigenvalue weighted by molar-refractivity contribution is 7.92. The minimum Gasteiger partial charge on any atom is -0.493 e. The van der Waals surface area contributed by atoms with Crippen LogP contribution in [0.1, 0.15) is 26.3 Å². The van der Waals surface area contributed by atoms with Gasteiger partial charge in [-0.05, 0) is 50.6 Å². The van der Waals surface area contributed by atoms with Crippen LogP contribution in [0.5, 0.6) is 17.2 Å². The molecule has 0 aromatic heterocycles. The van der Waals surface area contributed by atoms with Gasteiger partial charge in [0.1, 0.15) is 5.75 Å². The maximum absolute atomic E-state index is 12.3. The van der Waals surface area contributed by atoms with Crippen LogP contribution in [0, 0.1) is 0 Å². The van der Waals surface area contributed by atoms with Gasteiger partial charge < -0.3 is 19.7 Å². The van der Waals surface area contributed by atoms with Crippen molar-refractivity contribution < 1.29 is 17.9 Å². The van der Waals surface area contributed by atoms with E-state index in [1.165, 1.54) is 0 Å². The van der Waals surface area contributed by atoms with Gasteiger partial charge in [-0.25, -0.2) is 13.4 Å². The molecule has 0 amide bonds. The largest absolute Gasteiger partial charge is 0.493 e. The van der Waals surface area contributed by atoms with Gasteiger partial charge in [-0.1, -0.05) is 24.3 Å². The molecule has 0 radical (unpaired) electrons. The number of nitrogens with zero attached hydrogens (tertiary/aromatic N) is 2. The van der Waals surface area contributed by atoms with Crippen LogP contribution in [-0.2, 0) is 16.4 Å². The monoisotopic (exact) mass is 445 g/mol. The number of para-hydroxylation sites is 2. The molecule has 0 bridgehead atoms. The molecule has 0 spiro atoms. The van der Waals surface area contributed by atoms with Crippen LogP contribution in [-0.4, -0.2) is 56.5 Å². The van der Waals surface area contributed by atoms with E-state index in [4.69, 9.17) is 14.5 Å². The molecule has 0 atom stereocenters. The van der Waals surface area contributed by atoms with Gasteiger partial charge >= 0.3 is 0 Å². The Balaban J connectivity index is 1.69. The molecule has 1 saturated heterocycles. The van der Waals surface area contributed by atoms with Gasteiger partial charge in [-0.2, -0.15) is 0 Å². The molecule has 1 N–H and O–H groups in total. The van der Waals surface area contributed by atoms with Gasteiger partial charge in [0, 0.05) is 19.6 Å². The lowest BCUT2D eigenvalue weighted by atomic mass is 10.2. The maximum Gasteiger partial charge on any atom is 0.194 e. The molecule has 0 aliphatic carbocycles. The number of methoxy groups -OCH3 is 1. The number of benzene rings is 2. The van der Waals surface area contributed by atoms with Gasteiger partial charge in [0.25, 0.3) is 0 Å². The molecule has 31 heavy (non-hydrogen) atoms. The van der Waals surface area contributed by atoms with Crippen molar-refractivity contribution in [2.45, 2.75) is 32.1 Å². The number of nitrogens with one attached hydrogen (secondary N) is 1. The van der Waals surface area contributed by atoms with E-state index in [-0.39, 0.29) is 5.75 Å². The molecular weight excluding hydrogens is 414 g/mol. The molecule has 3 rings (SSSR count). The third-order valence-electron chi connectivity index (χ3n) is 5.31. The molecule has 1 aliphatic heterocycles. The predicted octanol–water partition coefficient (Wildman–Crippen LogP) is 3.46. The van der Waals surface area contributed by atoms with Crippen LogP contribution in [0.2, 0.25) is 0 Å². The van der Waals surface area contributed by atoms with Gasteiger partial charge in [-0.3, -0.25) is 0 Å². The smallest absolute Gasteiger partial charge is 0.194 e. The Morgan fingerprint density at radius 2 is 1.81 bits per heavy atom. The van der Waals surface area contributed by atoms with E-state index in [1.807, 2.05) is 60.4 Å². The van der Waals surface area contributed by atoms with E-state index in [0.717, 1.165) is 11.5 Å². The minimum atomic E-state index is -3.09. The lowest BCUT2D eigenvalue weighted by Crippen LogP contribution is -2.57. The number of hydrogen-bond donors (Lipinski definition) is 1. The first kappa shape index (κ1) is 22.9. The summed E-state index contributed by atoms with van der Waals surface area (Å²) in [4.78, 5) is 6.77.